The number of aliphatic carboxylic acids is 1. The van der Waals surface area contributed by atoms with Gasteiger partial charge >= 0.3 is 5.97 Å². The Morgan fingerprint density at radius 3 is 2.58 bits per heavy atom. The summed E-state index contributed by atoms with van der Waals surface area (Å²) in [5, 5.41) is 18.9. The molecule has 24 heavy (non-hydrogen) atoms. The van der Waals surface area contributed by atoms with Crippen LogP contribution >= 0.6 is 0 Å². The predicted octanol–water partition coefficient (Wildman–Crippen LogP) is 3.29. The zero-order valence-corrected chi connectivity index (χ0v) is 12.6. The summed E-state index contributed by atoms with van der Waals surface area (Å²) < 4.78 is 32.2. The fourth-order valence-corrected chi connectivity index (χ4v) is 2.96. The number of ether oxygens (including phenoxy) is 1. The quantitative estimate of drug-likeness (QED) is 0.939. The largest absolute Gasteiger partial charge is 0.492 e. The van der Waals surface area contributed by atoms with Gasteiger partial charge in [0.15, 0.2) is 11.6 Å². The number of hydrogen-bond acceptors (Lipinski definition) is 3. The second-order valence-electron chi connectivity index (χ2n) is 5.25. The Bertz CT molecular complexity index is 942. The SMILES string of the molecule is COc1c(F)ccc(C2=C(C(=O)O)Cc3cc(F)ccc32)c1C#N. The molecule has 0 heterocycles. The van der Waals surface area contributed by atoms with Gasteiger partial charge in [0.25, 0.3) is 0 Å². The number of halogens is 2. The lowest BCUT2D eigenvalue weighted by Gasteiger charge is -2.13. The van der Waals surface area contributed by atoms with Crippen molar-refractivity contribution >= 4 is 11.5 Å². The molecule has 3 rings (SSSR count). The van der Waals surface area contributed by atoms with Gasteiger partial charge in [-0.25, -0.2) is 13.6 Å². The fraction of sp³-hybridized carbons (Fsp3) is 0.111. The van der Waals surface area contributed by atoms with E-state index < -0.39 is 17.6 Å². The molecule has 0 atom stereocenters. The van der Waals surface area contributed by atoms with Crippen LogP contribution in [0.1, 0.15) is 22.3 Å². The number of hydrogen-bond donors (Lipinski definition) is 1. The van der Waals surface area contributed by atoms with Crippen LogP contribution in [0.4, 0.5) is 8.78 Å². The first kappa shape index (κ1) is 15.7. The molecule has 2 aromatic carbocycles. The summed E-state index contributed by atoms with van der Waals surface area (Å²) in [5.74, 6) is -2.61. The highest BCUT2D eigenvalue weighted by Gasteiger charge is 2.30. The van der Waals surface area contributed by atoms with Gasteiger partial charge in [-0.2, -0.15) is 5.26 Å². The fourth-order valence-electron chi connectivity index (χ4n) is 2.96. The van der Waals surface area contributed by atoms with Gasteiger partial charge < -0.3 is 9.84 Å². The second kappa shape index (κ2) is 5.78. The summed E-state index contributed by atoms with van der Waals surface area (Å²) in [6, 6.07) is 8.27. The van der Waals surface area contributed by atoms with Crippen molar-refractivity contribution in [3.63, 3.8) is 0 Å². The van der Waals surface area contributed by atoms with Crippen LogP contribution in [0.15, 0.2) is 35.9 Å². The standard InChI is InChI=1S/C18H11F2NO3/c1-24-17-14(8-21)12(4-5-15(17)20)16-11-3-2-10(19)6-9(11)7-13(16)18(22)23/h2-6H,7H2,1H3,(H,22,23). The molecule has 1 aliphatic carbocycles. The first-order valence-electron chi connectivity index (χ1n) is 7.00. The minimum Gasteiger partial charge on any atom is -0.492 e. The van der Waals surface area contributed by atoms with Gasteiger partial charge in [0.05, 0.1) is 7.11 Å². The van der Waals surface area contributed by atoms with E-state index in [-0.39, 0.29) is 34.4 Å². The Labute approximate surface area is 136 Å². The lowest BCUT2D eigenvalue weighted by Crippen LogP contribution is -2.04. The van der Waals surface area contributed by atoms with E-state index in [0.29, 0.717) is 11.1 Å². The van der Waals surface area contributed by atoms with E-state index in [0.717, 1.165) is 6.07 Å². The van der Waals surface area contributed by atoms with E-state index in [4.69, 9.17) is 4.74 Å². The molecule has 0 aromatic heterocycles. The van der Waals surface area contributed by atoms with Crippen LogP contribution in [0.2, 0.25) is 0 Å². The molecule has 0 unspecified atom stereocenters. The molecule has 0 fully saturated rings. The van der Waals surface area contributed by atoms with Gasteiger partial charge in [0.2, 0.25) is 0 Å². The zero-order valence-electron chi connectivity index (χ0n) is 12.6. The van der Waals surface area contributed by atoms with Crippen LogP contribution in [0.5, 0.6) is 5.75 Å². The summed E-state index contributed by atoms with van der Waals surface area (Å²) in [4.78, 5) is 11.6. The third-order valence-electron chi connectivity index (χ3n) is 3.96. The van der Waals surface area contributed by atoms with Gasteiger partial charge in [0, 0.05) is 23.1 Å². The lowest BCUT2D eigenvalue weighted by atomic mass is 9.93. The molecule has 0 saturated carbocycles. The van der Waals surface area contributed by atoms with Gasteiger partial charge in [-0.3, -0.25) is 0 Å². The maximum Gasteiger partial charge on any atom is 0.332 e. The van der Waals surface area contributed by atoms with Crippen molar-refractivity contribution in [1.82, 2.24) is 0 Å². The Morgan fingerprint density at radius 2 is 1.96 bits per heavy atom. The van der Waals surface area contributed by atoms with Gasteiger partial charge in [0.1, 0.15) is 17.4 Å². The summed E-state index contributed by atoms with van der Waals surface area (Å²) in [6.45, 7) is 0. The smallest absolute Gasteiger partial charge is 0.332 e. The number of carbonyl (C=O) groups is 1. The van der Waals surface area contributed by atoms with Crippen molar-refractivity contribution in [2.45, 2.75) is 6.42 Å². The molecular formula is C18H11F2NO3. The lowest BCUT2D eigenvalue weighted by molar-refractivity contribution is -0.132. The Balaban J connectivity index is 2.34. The Morgan fingerprint density at radius 1 is 1.25 bits per heavy atom. The van der Waals surface area contributed by atoms with Crippen LogP contribution in [0.3, 0.4) is 0 Å². The van der Waals surface area contributed by atoms with Gasteiger partial charge in [-0.05, 0) is 35.4 Å². The van der Waals surface area contributed by atoms with E-state index in [1.54, 1.807) is 0 Å². The van der Waals surface area contributed by atoms with Crippen LogP contribution < -0.4 is 4.74 Å². The molecule has 6 heteroatoms. The molecule has 0 radical (unpaired) electrons. The second-order valence-corrected chi connectivity index (χ2v) is 5.25. The number of methoxy groups -OCH3 is 1. The molecule has 2 aromatic rings. The van der Waals surface area contributed by atoms with E-state index in [1.165, 1.54) is 31.4 Å². The number of carboxylic acid groups (broad SMARTS) is 1. The molecule has 120 valence electrons. The average Bonchev–Trinajstić information content (AvgIpc) is 2.92. The molecule has 4 nitrogen and oxygen atoms in total. The van der Waals surface area contributed by atoms with Crippen molar-refractivity contribution in [1.29, 1.82) is 5.26 Å². The third kappa shape index (κ3) is 2.31. The topological polar surface area (TPSA) is 70.3 Å². The number of rotatable bonds is 3. The molecule has 0 saturated heterocycles. The molecule has 0 amide bonds. The minimum absolute atomic E-state index is 0.0285. The van der Waals surface area contributed by atoms with Crippen molar-refractivity contribution in [2.75, 3.05) is 7.11 Å². The van der Waals surface area contributed by atoms with Crippen molar-refractivity contribution < 1.29 is 23.4 Å². The number of carboxylic acids is 1. The van der Waals surface area contributed by atoms with Crippen molar-refractivity contribution in [3.05, 3.63) is 69.8 Å². The number of nitrogens with zero attached hydrogens (tertiary/aromatic N) is 1. The maximum atomic E-state index is 13.9. The predicted molar refractivity (Wildman–Crippen MR) is 81.4 cm³/mol. The highest BCUT2D eigenvalue weighted by Crippen LogP contribution is 2.41. The number of benzene rings is 2. The van der Waals surface area contributed by atoms with Crippen LogP contribution in [0.25, 0.3) is 5.57 Å². The van der Waals surface area contributed by atoms with E-state index >= 15 is 0 Å². The molecular weight excluding hydrogens is 316 g/mol. The van der Waals surface area contributed by atoms with E-state index in [1.807, 2.05) is 6.07 Å². The number of fused-ring (bicyclic) bond motifs is 1. The van der Waals surface area contributed by atoms with Crippen molar-refractivity contribution in [3.8, 4) is 11.8 Å². The summed E-state index contributed by atoms with van der Waals surface area (Å²) in [7, 11) is 1.23. The van der Waals surface area contributed by atoms with Gasteiger partial charge in [-0.1, -0.05) is 6.07 Å². The van der Waals surface area contributed by atoms with Gasteiger partial charge in [-0.15, -0.1) is 0 Å². The average molecular weight is 327 g/mol. The van der Waals surface area contributed by atoms with Crippen LogP contribution in [-0.4, -0.2) is 18.2 Å². The monoisotopic (exact) mass is 327 g/mol. The molecule has 0 spiro atoms. The van der Waals surface area contributed by atoms with E-state index in [2.05, 4.69) is 0 Å². The highest BCUT2D eigenvalue weighted by molar-refractivity contribution is 6.05. The minimum atomic E-state index is -1.17. The Kier molecular flexibility index (Phi) is 3.78. The van der Waals surface area contributed by atoms with E-state index in [9.17, 15) is 23.9 Å². The Hall–Kier alpha value is -3.20. The molecule has 1 aliphatic rings. The number of nitriles is 1. The zero-order chi connectivity index (χ0) is 17.4. The molecule has 1 N–H and O–H groups in total. The maximum absolute atomic E-state index is 13.9. The summed E-state index contributed by atoms with van der Waals surface area (Å²) in [6.07, 6.45) is 0.0301. The molecule has 0 aliphatic heterocycles. The third-order valence-corrected chi connectivity index (χ3v) is 3.96. The first-order chi connectivity index (χ1) is 11.5. The summed E-state index contributed by atoms with van der Waals surface area (Å²) >= 11 is 0. The molecule has 0 bridgehead atoms. The highest BCUT2D eigenvalue weighted by atomic mass is 19.1. The van der Waals surface area contributed by atoms with Crippen LogP contribution in [-0.2, 0) is 11.2 Å². The first-order valence-corrected chi connectivity index (χ1v) is 7.00. The van der Waals surface area contributed by atoms with Crippen LogP contribution in [0, 0.1) is 23.0 Å². The van der Waals surface area contributed by atoms with Crippen molar-refractivity contribution in [2.24, 2.45) is 0 Å². The summed E-state index contributed by atoms with van der Waals surface area (Å²) in [5.41, 5.74) is 1.49. The normalized spacial score (nSPS) is 12.8.